The van der Waals surface area contributed by atoms with Gasteiger partial charge in [-0.05, 0) is 38.5 Å². The van der Waals surface area contributed by atoms with E-state index in [9.17, 15) is 9.90 Å². The predicted molar refractivity (Wildman–Crippen MR) is 66.3 cm³/mol. The molecule has 4 nitrogen and oxygen atoms in total. The lowest BCUT2D eigenvalue weighted by atomic mass is 9.86. The van der Waals surface area contributed by atoms with Gasteiger partial charge in [-0.3, -0.25) is 4.79 Å². The first kappa shape index (κ1) is 12.8. The highest BCUT2D eigenvalue weighted by Gasteiger charge is 2.44. The highest BCUT2D eigenvalue weighted by Crippen LogP contribution is 2.38. The minimum absolute atomic E-state index is 0.0576. The molecular weight excluding hydrogens is 216 g/mol. The fourth-order valence-corrected chi connectivity index (χ4v) is 2.71. The Labute approximate surface area is 103 Å². The van der Waals surface area contributed by atoms with Crippen molar-refractivity contribution in [3.63, 3.8) is 0 Å². The van der Waals surface area contributed by atoms with Gasteiger partial charge in [0.25, 0.3) is 0 Å². The number of amides is 1. The third-order valence-electron chi connectivity index (χ3n) is 4.31. The molecule has 3 atom stereocenters. The van der Waals surface area contributed by atoms with Gasteiger partial charge in [-0.1, -0.05) is 12.8 Å². The average molecular weight is 240 g/mol. The van der Waals surface area contributed by atoms with Gasteiger partial charge in [-0.25, -0.2) is 0 Å². The van der Waals surface area contributed by atoms with Crippen LogP contribution in [-0.2, 0) is 4.79 Å². The summed E-state index contributed by atoms with van der Waals surface area (Å²) in [6.07, 6.45) is 5.99. The van der Waals surface area contributed by atoms with Gasteiger partial charge in [0.1, 0.15) is 0 Å². The van der Waals surface area contributed by atoms with Crippen LogP contribution in [0.15, 0.2) is 0 Å². The smallest absolute Gasteiger partial charge is 0.240 e. The first-order valence-corrected chi connectivity index (χ1v) is 6.77. The Balaban J connectivity index is 1.79. The molecular formula is C13H24N2O2. The molecule has 4 N–H and O–H groups in total. The Morgan fingerprint density at radius 1 is 1.35 bits per heavy atom. The summed E-state index contributed by atoms with van der Waals surface area (Å²) in [4.78, 5) is 12.0. The number of hydrogen-bond acceptors (Lipinski definition) is 3. The first-order valence-electron chi connectivity index (χ1n) is 6.77. The molecule has 2 fully saturated rings. The van der Waals surface area contributed by atoms with Gasteiger partial charge < -0.3 is 16.2 Å². The zero-order valence-corrected chi connectivity index (χ0v) is 10.6. The van der Waals surface area contributed by atoms with Gasteiger partial charge in [-0.15, -0.1) is 0 Å². The number of aliphatic hydroxyl groups is 1. The van der Waals surface area contributed by atoms with Crippen molar-refractivity contribution in [3.05, 3.63) is 0 Å². The van der Waals surface area contributed by atoms with Crippen LogP contribution < -0.4 is 11.1 Å². The van der Waals surface area contributed by atoms with Gasteiger partial charge in [0, 0.05) is 12.5 Å². The van der Waals surface area contributed by atoms with Gasteiger partial charge in [0.2, 0.25) is 5.91 Å². The summed E-state index contributed by atoms with van der Waals surface area (Å²) in [7, 11) is 0. The summed E-state index contributed by atoms with van der Waals surface area (Å²) >= 11 is 0. The highest BCUT2D eigenvalue weighted by molar-refractivity contribution is 5.86. The van der Waals surface area contributed by atoms with Crippen LogP contribution in [0.1, 0.15) is 45.4 Å². The quantitative estimate of drug-likeness (QED) is 0.680. The molecule has 4 heteroatoms. The number of carbonyl (C=O) groups excluding carboxylic acids is 1. The van der Waals surface area contributed by atoms with Crippen molar-refractivity contribution in [2.24, 2.45) is 17.6 Å². The largest absolute Gasteiger partial charge is 0.393 e. The zero-order valence-electron chi connectivity index (χ0n) is 10.6. The van der Waals surface area contributed by atoms with Crippen molar-refractivity contribution in [1.29, 1.82) is 0 Å². The van der Waals surface area contributed by atoms with Crippen molar-refractivity contribution >= 4 is 5.91 Å². The number of carbonyl (C=O) groups is 1. The van der Waals surface area contributed by atoms with Gasteiger partial charge in [0.15, 0.2) is 0 Å². The lowest BCUT2D eigenvalue weighted by molar-refractivity contribution is -0.127. The molecule has 0 aliphatic heterocycles. The molecule has 0 bridgehead atoms. The van der Waals surface area contributed by atoms with E-state index < -0.39 is 5.54 Å². The summed E-state index contributed by atoms with van der Waals surface area (Å²) in [5, 5.41) is 12.7. The van der Waals surface area contributed by atoms with E-state index in [4.69, 9.17) is 5.73 Å². The van der Waals surface area contributed by atoms with E-state index in [1.54, 1.807) is 0 Å². The average Bonchev–Trinajstić information content (AvgIpc) is 3.11. The molecule has 2 rings (SSSR count). The van der Waals surface area contributed by atoms with E-state index in [0.29, 0.717) is 12.5 Å². The summed E-state index contributed by atoms with van der Waals surface area (Å²) in [6.45, 7) is 2.39. The molecule has 0 aromatic heterocycles. The molecule has 0 saturated heterocycles. The second-order valence-corrected chi connectivity index (χ2v) is 5.88. The highest BCUT2D eigenvalue weighted by atomic mass is 16.3. The second kappa shape index (κ2) is 4.94. The van der Waals surface area contributed by atoms with E-state index in [2.05, 4.69) is 5.32 Å². The molecule has 2 aliphatic rings. The summed E-state index contributed by atoms with van der Waals surface area (Å²) in [5.41, 5.74) is 5.32. The Morgan fingerprint density at radius 3 is 2.59 bits per heavy atom. The summed E-state index contributed by atoms with van der Waals surface area (Å²) in [6, 6.07) is 0. The normalized spacial score (nSPS) is 32.9. The first-order chi connectivity index (χ1) is 8.01. The van der Waals surface area contributed by atoms with E-state index in [-0.39, 0.29) is 17.9 Å². The maximum absolute atomic E-state index is 12.0. The molecule has 3 unspecified atom stereocenters. The van der Waals surface area contributed by atoms with Crippen LogP contribution in [0.5, 0.6) is 0 Å². The molecule has 2 saturated carbocycles. The van der Waals surface area contributed by atoms with Crippen LogP contribution in [0.25, 0.3) is 0 Å². The van der Waals surface area contributed by atoms with E-state index in [0.717, 1.165) is 38.5 Å². The number of rotatable bonds is 4. The van der Waals surface area contributed by atoms with Crippen molar-refractivity contribution in [2.75, 3.05) is 6.54 Å². The van der Waals surface area contributed by atoms with Crippen LogP contribution in [0.2, 0.25) is 0 Å². The molecule has 0 radical (unpaired) electrons. The van der Waals surface area contributed by atoms with Crippen LogP contribution in [0.4, 0.5) is 0 Å². The third kappa shape index (κ3) is 2.99. The SMILES string of the molecule is CC(N)(C(=O)NCC1CCCCC1O)C1CC1. The van der Waals surface area contributed by atoms with Gasteiger partial charge in [-0.2, -0.15) is 0 Å². The lowest BCUT2D eigenvalue weighted by Gasteiger charge is -2.30. The number of nitrogens with two attached hydrogens (primary N) is 1. The summed E-state index contributed by atoms with van der Waals surface area (Å²) in [5.74, 6) is 0.499. The van der Waals surface area contributed by atoms with Crippen LogP contribution in [0.3, 0.4) is 0 Å². The Bertz CT molecular complexity index is 287. The number of nitrogens with one attached hydrogen (secondary N) is 1. The monoisotopic (exact) mass is 240 g/mol. The van der Waals surface area contributed by atoms with E-state index in [1.807, 2.05) is 6.92 Å². The molecule has 2 aliphatic carbocycles. The summed E-state index contributed by atoms with van der Waals surface area (Å²) < 4.78 is 0. The molecule has 0 spiro atoms. The van der Waals surface area contributed by atoms with Crippen LogP contribution in [-0.4, -0.2) is 29.2 Å². The topological polar surface area (TPSA) is 75.4 Å². The van der Waals surface area contributed by atoms with E-state index >= 15 is 0 Å². The van der Waals surface area contributed by atoms with Crippen LogP contribution >= 0.6 is 0 Å². The molecule has 1 amide bonds. The predicted octanol–water partition coefficient (Wildman–Crippen LogP) is 0.781. The molecule has 0 aromatic carbocycles. The van der Waals surface area contributed by atoms with Crippen molar-refractivity contribution in [2.45, 2.75) is 57.1 Å². The minimum Gasteiger partial charge on any atom is -0.393 e. The molecule has 98 valence electrons. The maximum atomic E-state index is 12.0. The molecule has 0 heterocycles. The van der Waals surface area contributed by atoms with Gasteiger partial charge in [0.05, 0.1) is 11.6 Å². The second-order valence-electron chi connectivity index (χ2n) is 5.88. The molecule has 0 aromatic rings. The maximum Gasteiger partial charge on any atom is 0.240 e. The third-order valence-corrected chi connectivity index (χ3v) is 4.31. The Hall–Kier alpha value is -0.610. The lowest BCUT2D eigenvalue weighted by Crippen LogP contribution is -2.54. The fourth-order valence-electron chi connectivity index (χ4n) is 2.71. The Morgan fingerprint density at radius 2 is 2.00 bits per heavy atom. The number of aliphatic hydroxyl groups excluding tert-OH is 1. The van der Waals surface area contributed by atoms with Crippen LogP contribution in [0, 0.1) is 11.8 Å². The van der Waals surface area contributed by atoms with Crippen molar-refractivity contribution in [1.82, 2.24) is 5.32 Å². The zero-order chi connectivity index (χ0) is 12.5. The van der Waals surface area contributed by atoms with E-state index in [1.165, 1.54) is 0 Å². The minimum atomic E-state index is -0.723. The number of hydrogen-bond donors (Lipinski definition) is 3. The van der Waals surface area contributed by atoms with Crippen molar-refractivity contribution < 1.29 is 9.90 Å². The standard InChI is InChI=1S/C13H24N2O2/c1-13(14,10-6-7-10)12(17)15-8-9-4-2-3-5-11(9)16/h9-11,16H,2-8,14H2,1H3,(H,15,17). The molecule has 17 heavy (non-hydrogen) atoms. The fraction of sp³-hybridized carbons (Fsp3) is 0.923. The Kier molecular flexibility index (Phi) is 3.73. The van der Waals surface area contributed by atoms with Crippen molar-refractivity contribution in [3.8, 4) is 0 Å². The van der Waals surface area contributed by atoms with Gasteiger partial charge >= 0.3 is 0 Å².